The number of hydrogen-bond acceptors (Lipinski definition) is 2. The lowest BCUT2D eigenvalue weighted by atomic mass is 10.2. The number of carbonyl (C=O) groups is 1. The standard InChI is InChI=1S/C10H22N4O/c1-5-14(6-2)10(15)13(4)8(3)7-9(11)12/h8H,5-7H2,1-4H3,(H3,11,12). The highest BCUT2D eigenvalue weighted by Gasteiger charge is 2.20. The second-order valence-electron chi connectivity index (χ2n) is 3.64. The summed E-state index contributed by atoms with van der Waals surface area (Å²) < 4.78 is 0. The molecule has 3 N–H and O–H groups in total. The van der Waals surface area contributed by atoms with E-state index >= 15 is 0 Å². The normalized spacial score (nSPS) is 12.0. The van der Waals surface area contributed by atoms with Crippen LogP contribution in [-0.4, -0.2) is 47.8 Å². The van der Waals surface area contributed by atoms with Gasteiger partial charge in [0.25, 0.3) is 0 Å². The minimum Gasteiger partial charge on any atom is -0.388 e. The van der Waals surface area contributed by atoms with Crippen LogP contribution in [0, 0.1) is 5.41 Å². The van der Waals surface area contributed by atoms with E-state index in [4.69, 9.17) is 11.1 Å². The molecule has 0 aliphatic carbocycles. The maximum Gasteiger partial charge on any atom is 0.319 e. The van der Waals surface area contributed by atoms with Gasteiger partial charge in [0.05, 0.1) is 5.84 Å². The monoisotopic (exact) mass is 214 g/mol. The summed E-state index contributed by atoms with van der Waals surface area (Å²) in [5.41, 5.74) is 5.30. The molecule has 88 valence electrons. The van der Waals surface area contributed by atoms with Gasteiger partial charge >= 0.3 is 6.03 Å². The first kappa shape index (κ1) is 13.7. The van der Waals surface area contributed by atoms with Crippen LogP contribution in [0.1, 0.15) is 27.2 Å². The van der Waals surface area contributed by atoms with Crippen molar-refractivity contribution in [2.24, 2.45) is 5.73 Å². The van der Waals surface area contributed by atoms with Crippen LogP contribution >= 0.6 is 0 Å². The van der Waals surface area contributed by atoms with Crippen molar-refractivity contribution >= 4 is 11.9 Å². The summed E-state index contributed by atoms with van der Waals surface area (Å²) in [7, 11) is 1.74. The van der Waals surface area contributed by atoms with E-state index in [-0.39, 0.29) is 17.9 Å². The molecule has 0 aliphatic rings. The molecule has 0 radical (unpaired) electrons. The summed E-state index contributed by atoms with van der Waals surface area (Å²) in [5, 5.41) is 7.18. The van der Waals surface area contributed by atoms with Crippen molar-refractivity contribution in [3.8, 4) is 0 Å². The maximum atomic E-state index is 11.9. The summed E-state index contributed by atoms with van der Waals surface area (Å²) in [5.74, 6) is 0.113. The van der Waals surface area contributed by atoms with Crippen LogP contribution in [-0.2, 0) is 0 Å². The van der Waals surface area contributed by atoms with E-state index in [9.17, 15) is 4.79 Å². The smallest absolute Gasteiger partial charge is 0.319 e. The third kappa shape index (κ3) is 4.18. The van der Waals surface area contributed by atoms with Crippen molar-refractivity contribution in [1.82, 2.24) is 9.80 Å². The lowest BCUT2D eigenvalue weighted by molar-refractivity contribution is 0.155. The Morgan fingerprint density at radius 1 is 1.40 bits per heavy atom. The Kier molecular flexibility index (Phi) is 5.74. The molecule has 0 aromatic carbocycles. The summed E-state index contributed by atoms with van der Waals surface area (Å²) >= 11 is 0. The van der Waals surface area contributed by atoms with E-state index < -0.39 is 0 Å². The second kappa shape index (κ2) is 6.27. The van der Waals surface area contributed by atoms with Gasteiger partial charge in [-0.05, 0) is 20.8 Å². The van der Waals surface area contributed by atoms with Crippen molar-refractivity contribution in [3.05, 3.63) is 0 Å². The Bertz CT molecular complexity index is 225. The highest BCUT2D eigenvalue weighted by molar-refractivity contribution is 5.79. The van der Waals surface area contributed by atoms with Gasteiger partial charge in [0.15, 0.2) is 0 Å². The highest BCUT2D eigenvalue weighted by Crippen LogP contribution is 2.05. The Morgan fingerprint density at radius 2 is 1.87 bits per heavy atom. The molecule has 0 heterocycles. The van der Waals surface area contributed by atoms with Gasteiger partial charge in [0, 0.05) is 32.6 Å². The Labute approximate surface area is 91.7 Å². The highest BCUT2D eigenvalue weighted by atomic mass is 16.2. The molecule has 0 saturated carbocycles. The Hall–Kier alpha value is -1.26. The molecule has 0 bridgehead atoms. The molecule has 15 heavy (non-hydrogen) atoms. The van der Waals surface area contributed by atoms with Crippen LogP contribution in [0.2, 0.25) is 0 Å². The molecular formula is C10H22N4O. The van der Waals surface area contributed by atoms with Crippen molar-refractivity contribution in [3.63, 3.8) is 0 Å². The second-order valence-corrected chi connectivity index (χ2v) is 3.64. The van der Waals surface area contributed by atoms with Crippen LogP contribution in [0.5, 0.6) is 0 Å². The van der Waals surface area contributed by atoms with Gasteiger partial charge in [0.1, 0.15) is 0 Å². The third-order valence-corrected chi connectivity index (χ3v) is 2.51. The summed E-state index contributed by atoms with van der Waals surface area (Å²) in [4.78, 5) is 15.2. The first-order chi connectivity index (χ1) is 6.93. The number of nitrogens with two attached hydrogens (primary N) is 1. The lowest BCUT2D eigenvalue weighted by Crippen LogP contribution is -2.45. The largest absolute Gasteiger partial charge is 0.388 e. The molecule has 2 amide bonds. The number of urea groups is 1. The van der Waals surface area contributed by atoms with E-state index in [0.29, 0.717) is 19.5 Å². The first-order valence-electron chi connectivity index (χ1n) is 5.28. The number of nitrogens with one attached hydrogen (secondary N) is 1. The van der Waals surface area contributed by atoms with E-state index in [2.05, 4.69) is 0 Å². The van der Waals surface area contributed by atoms with Crippen molar-refractivity contribution in [2.75, 3.05) is 20.1 Å². The van der Waals surface area contributed by atoms with Crippen LogP contribution in [0.4, 0.5) is 4.79 Å². The Balaban J connectivity index is 4.35. The first-order valence-corrected chi connectivity index (χ1v) is 5.28. The van der Waals surface area contributed by atoms with Crippen LogP contribution in [0.25, 0.3) is 0 Å². The molecule has 0 aromatic heterocycles. The number of carbonyl (C=O) groups excluding carboxylic acids is 1. The minimum absolute atomic E-state index is 0.00579. The van der Waals surface area contributed by atoms with Gasteiger partial charge in [-0.25, -0.2) is 4.79 Å². The topological polar surface area (TPSA) is 73.4 Å². The Morgan fingerprint density at radius 3 is 2.20 bits per heavy atom. The average Bonchev–Trinajstić information content (AvgIpc) is 2.17. The number of amides is 2. The molecule has 0 rings (SSSR count). The molecule has 0 spiro atoms. The maximum absolute atomic E-state index is 11.9. The van der Waals surface area contributed by atoms with Crippen molar-refractivity contribution < 1.29 is 4.79 Å². The van der Waals surface area contributed by atoms with Gasteiger partial charge in [-0.2, -0.15) is 0 Å². The zero-order chi connectivity index (χ0) is 12.0. The molecule has 5 nitrogen and oxygen atoms in total. The summed E-state index contributed by atoms with van der Waals surface area (Å²) in [6.45, 7) is 7.19. The van der Waals surface area contributed by atoms with Crippen molar-refractivity contribution in [2.45, 2.75) is 33.2 Å². The average molecular weight is 214 g/mol. The van der Waals surface area contributed by atoms with E-state index in [0.717, 1.165) is 0 Å². The lowest BCUT2D eigenvalue weighted by Gasteiger charge is -2.30. The van der Waals surface area contributed by atoms with E-state index in [1.165, 1.54) is 0 Å². The SMILES string of the molecule is CCN(CC)C(=O)N(C)C(C)CC(=N)N. The number of nitrogens with zero attached hydrogens (tertiary/aromatic N) is 2. The van der Waals surface area contributed by atoms with Crippen LogP contribution in [0.15, 0.2) is 0 Å². The van der Waals surface area contributed by atoms with Gasteiger partial charge in [-0.3, -0.25) is 5.41 Å². The predicted octanol–water partition coefficient (Wildman–Crippen LogP) is 1.09. The van der Waals surface area contributed by atoms with Gasteiger partial charge in [-0.15, -0.1) is 0 Å². The van der Waals surface area contributed by atoms with Gasteiger partial charge < -0.3 is 15.5 Å². The molecule has 1 atom stereocenters. The quantitative estimate of drug-likeness (QED) is 0.531. The van der Waals surface area contributed by atoms with Gasteiger partial charge in [-0.1, -0.05) is 0 Å². The predicted molar refractivity (Wildman–Crippen MR) is 62.1 cm³/mol. The minimum atomic E-state index is -0.0319. The van der Waals surface area contributed by atoms with Crippen LogP contribution < -0.4 is 5.73 Å². The molecule has 5 heteroatoms. The van der Waals surface area contributed by atoms with Gasteiger partial charge in [0.2, 0.25) is 0 Å². The summed E-state index contributed by atoms with van der Waals surface area (Å²) in [6.07, 6.45) is 0.420. The van der Waals surface area contributed by atoms with E-state index in [1.54, 1.807) is 16.8 Å². The fourth-order valence-electron chi connectivity index (χ4n) is 1.36. The number of amidine groups is 1. The molecule has 0 saturated heterocycles. The third-order valence-electron chi connectivity index (χ3n) is 2.51. The van der Waals surface area contributed by atoms with Crippen molar-refractivity contribution in [1.29, 1.82) is 5.41 Å². The summed E-state index contributed by atoms with van der Waals surface area (Å²) in [6, 6.07) is -0.0376. The fourth-order valence-corrected chi connectivity index (χ4v) is 1.36. The number of hydrogen-bond donors (Lipinski definition) is 2. The van der Waals surface area contributed by atoms with Crippen LogP contribution in [0.3, 0.4) is 0 Å². The molecule has 0 aliphatic heterocycles. The van der Waals surface area contributed by atoms with E-state index in [1.807, 2.05) is 20.8 Å². The fraction of sp³-hybridized carbons (Fsp3) is 0.800. The molecule has 0 fully saturated rings. The number of rotatable bonds is 5. The molecule has 0 aromatic rings. The zero-order valence-corrected chi connectivity index (χ0v) is 10.1. The molecular weight excluding hydrogens is 192 g/mol. The zero-order valence-electron chi connectivity index (χ0n) is 10.1. The molecule has 1 unspecified atom stereocenters.